The second-order valence-corrected chi connectivity index (χ2v) is 7.40. The van der Waals surface area contributed by atoms with Crippen LogP contribution in [-0.2, 0) is 4.74 Å². The molecule has 1 aliphatic rings. The fraction of sp³-hybridized carbons (Fsp3) is 0.333. The molecule has 2 N–H and O–H groups in total. The highest BCUT2D eigenvalue weighted by atomic mass is 79.9. The predicted molar refractivity (Wildman–Crippen MR) is 110 cm³/mol. The number of halogens is 1. The smallest absolute Gasteiger partial charge is 0.251 e. The number of hydrogen-bond donors (Lipinski definition) is 2. The highest BCUT2D eigenvalue weighted by molar-refractivity contribution is 9.10. The lowest BCUT2D eigenvalue weighted by molar-refractivity contribution is 0.0679. The minimum absolute atomic E-state index is 0.163. The van der Waals surface area contributed by atoms with Crippen molar-refractivity contribution in [3.05, 3.63) is 64.1 Å². The summed E-state index contributed by atoms with van der Waals surface area (Å²) in [4.78, 5) is 24.2. The van der Waals surface area contributed by atoms with Crippen molar-refractivity contribution < 1.29 is 19.1 Å². The summed E-state index contributed by atoms with van der Waals surface area (Å²) in [5.74, 6) is 0.354. The second kappa shape index (κ2) is 10.2. The van der Waals surface area contributed by atoms with Gasteiger partial charge in [0.1, 0.15) is 12.4 Å². The number of amides is 2. The molecule has 28 heavy (non-hydrogen) atoms. The Morgan fingerprint density at radius 3 is 2.07 bits per heavy atom. The van der Waals surface area contributed by atoms with Crippen LogP contribution in [0.5, 0.6) is 5.75 Å². The van der Waals surface area contributed by atoms with E-state index >= 15 is 0 Å². The second-order valence-electron chi connectivity index (χ2n) is 6.49. The molecule has 6 nitrogen and oxygen atoms in total. The fourth-order valence-electron chi connectivity index (χ4n) is 2.82. The Bertz CT molecular complexity index is 787. The first-order chi connectivity index (χ1) is 13.6. The summed E-state index contributed by atoms with van der Waals surface area (Å²) in [7, 11) is 0. The van der Waals surface area contributed by atoms with E-state index in [9.17, 15) is 9.59 Å². The molecule has 1 aliphatic heterocycles. The molecular weight excluding hydrogens is 424 g/mol. The molecule has 1 saturated heterocycles. The van der Waals surface area contributed by atoms with Gasteiger partial charge in [-0.15, -0.1) is 0 Å². The van der Waals surface area contributed by atoms with E-state index in [0.29, 0.717) is 36.6 Å². The molecule has 3 rings (SSSR count). The van der Waals surface area contributed by atoms with Gasteiger partial charge in [0.05, 0.1) is 6.10 Å². The van der Waals surface area contributed by atoms with Gasteiger partial charge in [0.25, 0.3) is 11.8 Å². The maximum Gasteiger partial charge on any atom is 0.251 e. The van der Waals surface area contributed by atoms with E-state index in [1.54, 1.807) is 36.4 Å². The Kier molecular flexibility index (Phi) is 7.45. The number of benzene rings is 2. The number of ether oxygens (including phenoxy) is 2. The number of carbonyl (C=O) groups excluding carboxylic acids is 2. The van der Waals surface area contributed by atoms with Crippen molar-refractivity contribution in [2.45, 2.75) is 18.9 Å². The Labute approximate surface area is 172 Å². The van der Waals surface area contributed by atoms with Gasteiger partial charge in [-0.05, 0) is 61.4 Å². The van der Waals surface area contributed by atoms with Crippen LogP contribution >= 0.6 is 15.9 Å². The quantitative estimate of drug-likeness (QED) is 0.610. The van der Waals surface area contributed by atoms with E-state index in [2.05, 4.69) is 26.6 Å². The molecule has 0 aliphatic carbocycles. The van der Waals surface area contributed by atoms with Gasteiger partial charge in [0, 0.05) is 35.3 Å². The molecule has 1 heterocycles. The van der Waals surface area contributed by atoms with Crippen molar-refractivity contribution >= 4 is 27.7 Å². The molecule has 7 heteroatoms. The average molecular weight is 447 g/mol. The zero-order chi connectivity index (χ0) is 19.8. The first-order valence-electron chi connectivity index (χ1n) is 9.28. The van der Waals surface area contributed by atoms with Crippen molar-refractivity contribution in [1.82, 2.24) is 10.6 Å². The topological polar surface area (TPSA) is 76.7 Å². The van der Waals surface area contributed by atoms with E-state index < -0.39 is 0 Å². The summed E-state index contributed by atoms with van der Waals surface area (Å²) in [6.45, 7) is 2.03. The number of hydrogen-bond acceptors (Lipinski definition) is 4. The SMILES string of the molecule is O=C(NCCNC(=O)c1ccc(OCC2CCCO2)cc1)c1ccc(Br)cc1. The molecule has 2 aromatic rings. The van der Waals surface area contributed by atoms with Crippen LogP contribution < -0.4 is 15.4 Å². The van der Waals surface area contributed by atoms with E-state index in [0.717, 1.165) is 23.9 Å². The Morgan fingerprint density at radius 2 is 1.54 bits per heavy atom. The van der Waals surface area contributed by atoms with Crippen LogP contribution in [0.25, 0.3) is 0 Å². The molecular formula is C21H23BrN2O4. The third kappa shape index (κ3) is 6.07. The lowest BCUT2D eigenvalue weighted by atomic mass is 10.2. The Balaban J connectivity index is 1.37. The van der Waals surface area contributed by atoms with Crippen LogP contribution in [0.15, 0.2) is 53.0 Å². The van der Waals surface area contributed by atoms with Crippen molar-refractivity contribution in [2.24, 2.45) is 0 Å². The molecule has 1 unspecified atom stereocenters. The summed E-state index contributed by atoms with van der Waals surface area (Å²) in [6.07, 6.45) is 2.27. The van der Waals surface area contributed by atoms with Gasteiger partial charge in [0.2, 0.25) is 0 Å². The number of nitrogens with one attached hydrogen (secondary N) is 2. The van der Waals surface area contributed by atoms with E-state index in [4.69, 9.17) is 9.47 Å². The first kappa shape index (κ1) is 20.4. The zero-order valence-corrected chi connectivity index (χ0v) is 17.0. The Hall–Kier alpha value is -2.38. The normalized spacial score (nSPS) is 15.8. The standard InChI is InChI=1S/C21H23BrN2O4/c22-17-7-3-15(4-8-17)20(25)23-11-12-24-21(26)16-5-9-18(10-6-16)28-14-19-2-1-13-27-19/h3-10,19H,1-2,11-14H2,(H,23,25)(H,24,26). The van der Waals surface area contributed by atoms with Crippen LogP contribution in [0.1, 0.15) is 33.6 Å². The summed E-state index contributed by atoms with van der Waals surface area (Å²) >= 11 is 3.33. The van der Waals surface area contributed by atoms with Crippen LogP contribution in [0.4, 0.5) is 0 Å². The van der Waals surface area contributed by atoms with Gasteiger partial charge < -0.3 is 20.1 Å². The molecule has 0 aromatic heterocycles. The van der Waals surface area contributed by atoms with Crippen molar-refractivity contribution in [1.29, 1.82) is 0 Å². The van der Waals surface area contributed by atoms with E-state index in [1.165, 1.54) is 0 Å². The minimum atomic E-state index is -0.191. The van der Waals surface area contributed by atoms with Gasteiger partial charge in [-0.25, -0.2) is 0 Å². The van der Waals surface area contributed by atoms with Gasteiger partial charge in [-0.1, -0.05) is 15.9 Å². The predicted octanol–water partition coefficient (Wildman–Crippen LogP) is 3.17. The summed E-state index contributed by atoms with van der Waals surface area (Å²) in [5, 5.41) is 5.57. The van der Waals surface area contributed by atoms with Crippen LogP contribution in [0.2, 0.25) is 0 Å². The molecule has 1 fully saturated rings. The zero-order valence-electron chi connectivity index (χ0n) is 15.4. The maximum absolute atomic E-state index is 12.2. The highest BCUT2D eigenvalue weighted by Crippen LogP contribution is 2.16. The molecule has 148 valence electrons. The largest absolute Gasteiger partial charge is 0.491 e. The lowest BCUT2D eigenvalue weighted by Gasteiger charge is -2.12. The van der Waals surface area contributed by atoms with Gasteiger partial charge in [-0.3, -0.25) is 9.59 Å². The van der Waals surface area contributed by atoms with E-state index in [1.807, 2.05) is 12.1 Å². The summed E-state index contributed by atoms with van der Waals surface area (Å²) < 4.78 is 12.1. The van der Waals surface area contributed by atoms with Gasteiger partial charge in [0.15, 0.2) is 0 Å². The van der Waals surface area contributed by atoms with Crippen molar-refractivity contribution in [2.75, 3.05) is 26.3 Å². The van der Waals surface area contributed by atoms with Gasteiger partial charge >= 0.3 is 0 Å². The van der Waals surface area contributed by atoms with Crippen LogP contribution in [-0.4, -0.2) is 44.2 Å². The van der Waals surface area contributed by atoms with Crippen molar-refractivity contribution in [3.63, 3.8) is 0 Å². The van der Waals surface area contributed by atoms with Gasteiger partial charge in [-0.2, -0.15) is 0 Å². The summed E-state index contributed by atoms with van der Waals surface area (Å²) in [6, 6.07) is 14.1. The minimum Gasteiger partial charge on any atom is -0.491 e. The maximum atomic E-state index is 12.2. The number of carbonyl (C=O) groups is 2. The van der Waals surface area contributed by atoms with E-state index in [-0.39, 0.29) is 17.9 Å². The molecule has 0 saturated carbocycles. The molecule has 2 amide bonds. The fourth-order valence-corrected chi connectivity index (χ4v) is 3.09. The molecule has 2 aromatic carbocycles. The molecule has 0 radical (unpaired) electrons. The molecule has 0 bridgehead atoms. The monoisotopic (exact) mass is 446 g/mol. The van der Waals surface area contributed by atoms with Crippen molar-refractivity contribution in [3.8, 4) is 5.75 Å². The summed E-state index contributed by atoms with van der Waals surface area (Å²) in [5.41, 5.74) is 1.12. The highest BCUT2D eigenvalue weighted by Gasteiger charge is 2.16. The third-order valence-electron chi connectivity index (χ3n) is 4.38. The van der Waals surface area contributed by atoms with Crippen LogP contribution in [0.3, 0.4) is 0 Å². The average Bonchev–Trinajstić information content (AvgIpc) is 3.24. The van der Waals surface area contributed by atoms with Crippen LogP contribution in [0, 0.1) is 0 Å². The Morgan fingerprint density at radius 1 is 0.964 bits per heavy atom. The third-order valence-corrected chi connectivity index (χ3v) is 4.91. The number of rotatable bonds is 8. The molecule has 1 atom stereocenters. The lowest BCUT2D eigenvalue weighted by Crippen LogP contribution is -2.34. The first-order valence-corrected chi connectivity index (χ1v) is 10.1. The molecule has 0 spiro atoms.